The Balaban J connectivity index is 2.36. The van der Waals surface area contributed by atoms with E-state index in [1.165, 1.54) is 0 Å². The van der Waals surface area contributed by atoms with E-state index < -0.39 is 11.6 Å². The van der Waals surface area contributed by atoms with Gasteiger partial charge in [0.1, 0.15) is 0 Å². The van der Waals surface area contributed by atoms with Crippen molar-refractivity contribution in [1.29, 1.82) is 0 Å². The molecule has 0 saturated heterocycles. The summed E-state index contributed by atoms with van der Waals surface area (Å²) >= 11 is 0. The third-order valence-corrected chi connectivity index (χ3v) is 3.57. The summed E-state index contributed by atoms with van der Waals surface area (Å²) in [6.45, 7) is 2.41. The second-order valence-electron chi connectivity index (χ2n) is 5.18. The molecular formula is C12H24N2O3. The van der Waals surface area contributed by atoms with E-state index in [2.05, 4.69) is 10.2 Å². The van der Waals surface area contributed by atoms with Crippen molar-refractivity contribution in [3.63, 3.8) is 0 Å². The molecule has 17 heavy (non-hydrogen) atoms. The van der Waals surface area contributed by atoms with Gasteiger partial charge in [-0.25, -0.2) is 0 Å². The van der Waals surface area contributed by atoms with Gasteiger partial charge in [0.25, 0.3) is 0 Å². The van der Waals surface area contributed by atoms with E-state index in [0.29, 0.717) is 32.2 Å². The highest BCUT2D eigenvalue weighted by Crippen LogP contribution is 2.32. The maximum Gasteiger partial charge on any atom is 0.306 e. The molecular weight excluding hydrogens is 220 g/mol. The Morgan fingerprint density at radius 1 is 1.47 bits per heavy atom. The predicted molar refractivity (Wildman–Crippen MR) is 66.0 cm³/mol. The van der Waals surface area contributed by atoms with E-state index in [0.717, 1.165) is 13.1 Å². The first-order valence-corrected chi connectivity index (χ1v) is 6.25. The van der Waals surface area contributed by atoms with Crippen LogP contribution in [-0.2, 0) is 4.79 Å². The van der Waals surface area contributed by atoms with Crippen LogP contribution in [0.5, 0.6) is 0 Å². The molecule has 1 aliphatic carbocycles. The van der Waals surface area contributed by atoms with Gasteiger partial charge in [-0.05, 0) is 39.8 Å². The molecule has 0 bridgehead atoms. The predicted octanol–water partition coefficient (Wildman–Crippen LogP) is 0.144. The van der Waals surface area contributed by atoms with Crippen LogP contribution in [0.25, 0.3) is 0 Å². The molecule has 5 heteroatoms. The number of nitrogens with one attached hydrogen (secondary N) is 1. The van der Waals surface area contributed by atoms with Crippen molar-refractivity contribution in [3.8, 4) is 0 Å². The number of rotatable bonds is 6. The zero-order valence-corrected chi connectivity index (χ0v) is 10.8. The van der Waals surface area contributed by atoms with Crippen LogP contribution in [-0.4, -0.2) is 60.4 Å². The SMILES string of the molecule is CNCCN(C)CC1(O)CCC(C(=O)O)CC1. The van der Waals surface area contributed by atoms with Gasteiger partial charge in [-0.1, -0.05) is 0 Å². The van der Waals surface area contributed by atoms with Gasteiger partial charge < -0.3 is 20.4 Å². The molecule has 100 valence electrons. The molecule has 0 aromatic rings. The number of nitrogens with zero attached hydrogens (tertiary/aromatic N) is 1. The van der Waals surface area contributed by atoms with Crippen LogP contribution in [0.1, 0.15) is 25.7 Å². The topological polar surface area (TPSA) is 72.8 Å². The smallest absolute Gasteiger partial charge is 0.306 e. The average Bonchev–Trinajstić information content (AvgIpc) is 2.26. The fraction of sp³-hybridized carbons (Fsp3) is 0.917. The summed E-state index contributed by atoms with van der Waals surface area (Å²) < 4.78 is 0. The maximum absolute atomic E-state index is 10.8. The summed E-state index contributed by atoms with van der Waals surface area (Å²) in [4.78, 5) is 12.9. The van der Waals surface area contributed by atoms with Crippen LogP contribution in [0.3, 0.4) is 0 Å². The lowest BCUT2D eigenvalue weighted by Gasteiger charge is -2.37. The average molecular weight is 244 g/mol. The molecule has 1 rings (SSSR count). The zero-order chi connectivity index (χ0) is 12.9. The standard InChI is InChI=1S/C12H24N2O3/c1-13-7-8-14(2)9-12(17)5-3-10(4-6-12)11(15)16/h10,13,17H,3-9H2,1-2H3,(H,15,16). The number of hydrogen-bond donors (Lipinski definition) is 3. The van der Waals surface area contributed by atoms with Crippen molar-refractivity contribution >= 4 is 5.97 Å². The van der Waals surface area contributed by atoms with Gasteiger partial charge in [0, 0.05) is 19.6 Å². The molecule has 0 unspecified atom stereocenters. The minimum Gasteiger partial charge on any atom is -0.481 e. The molecule has 1 fully saturated rings. The summed E-state index contributed by atoms with van der Waals surface area (Å²) in [5.41, 5.74) is -0.700. The molecule has 0 spiro atoms. The number of likely N-dealkylation sites (N-methyl/N-ethyl adjacent to an activating group) is 2. The summed E-state index contributed by atoms with van der Waals surface area (Å²) in [5, 5.41) is 22.4. The van der Waals surface area contributed by atoms with Gasteiger partial charge in [-0.3, -0.25) is 4.79 Å². The summed E-state index contributed by atoms with van der Waals surface area (Å²) in [6, 6.07) is 0. The Kier molecular flexibility index (Phi) is 5.36. The molecule has 0 radical (unpaired) electrons. The first-order chi connectivity index (χ1) is 7.97. The van der Waals surface area contributed by atoms with Crippen LogP contribution >= 0.6 is 0 Å². The highest BCUT2D eigenvalue weighted by atomic mass is 16.4. The first kappa shape index (κ1) is 14.4. The lowest BCUT2D eigenvalue weighted by atomic mass is 9.78. The van der Waals surface area contributed by atoms with E-state index in [-0.39, 0.29) is 5.92 Å². The van der Waals surface area contributed by atoms with E-state index in [1.54, 1.807) is 0 Å². The normalized spacial score (nSPS) is 29.5. The van der Waals surface area contributed by atoms with Crippen LogP contribution < -0.4 is 5.32 Å². The Morgan fingerprint density at radius 3 is 2.53 bits per heavy atom. The summed E-state index contributed by atoms with van der Waals surface area (Å²) in [6.07, 6.45) is 2.36. The number of aliphatic hydroxyl groups is 1. The van der Waals surface area contributed by atoms with Crippen LogP contribution in [0.15, 0.2) is 0 Å². The lowest BCUT2D eigenvalue weighted by molar-refractivity contribution is -0.145. The fourth-order valence-corrected chi connectivity index (χ4v) is 2.44. The molecule has 3 N–H and O–H groups in total. The van der Waals surface area contributed by atoms with Gasteiger partial charge in [-0.2, -0.15) is 0 Å². The van der Waals surface area contributed by atoms with E-state index in [4.69, 9.17) is 5.11 Å². The van der Waals surface area contributed by atoms with Crippen molar-refractivity contribution in [2.75, 3.05) is 33.7 Å². The highest BCUT2D eigenvalue weighted by Gasteiger charge is 2.36. The van der Waals surface area contributed by atoms with Gasteiger partial charge in [-0.15, -0.1) is 0 Å². The van der Waals surface area contributed by atoms with E-state index >= 15 is 0 Å². The number of aliphatic carboxylic acids is 1. The second kappa shape index (κ2) is 6.33. The van der Waals surface area contributed by atoms with Crippen LogP contribution in [0.2, 0.25) is 0 Å². The molecule has 0 heterocycles. The minimum atomic E-state index is -0.726. The third-order valence-electron chi connectivity index (χ3n) is 3.57. The van der Waals surface area contributed by atoms with Crippen LogP contribution in [0, 0.1) is 5.92 Å². The second-order valence-corrected chi connectivity index (χ2v) is 5.18. The molecule has 1 saturated carbocycles. The summed E-state index contributed by atoms with van der Waals surface area (Å²) in [7, 11) is 3.89. The van der Waals surface area contributed by atoms with Crippen molar-refractivity contribution in [3.05, 3.63) is 0 Å². The third kappa shape index (κ3) is 4.61. The van der Waals surface area contributed by atoms with E-state index in [1.807, 2.05) is 14.1 Å². The fourth-order valence-electron chi connectivity index (χ4n) is 2.44. The van der Waals surface area contributed by atoms with Crippen molar-refractivity contribution < 1.29 is 15.0 Å². The molecule has 1 aliphatic rings. The molecule has 0 amide bonds. The van der Waals surface area contributed by atoms with Crippen molar-refractivity contribution in [2.45, 2.75) is 31.3 Å². The first-order valence-electron chi connectivity index (χ1n) is 6.25. The highest BCUT2D eigenvalue weighted by molar-refractivity contribution is 5.70. The zero-order valence-electron chi connectivity index (χ0n) is 10.8. The number of carboxylic acids is 1. The molecule has 5 nitrogen and oxygen atoms in total. The summed E-state index contributed by atoms with van der Waals surface area (Å²) in [5.74, 6) is -0.992. The molecule has 0 aromatic heterocycles. The number of carbonyl (C=O) groups is 1. The van der Waals surface area contributed by atoms with E-state index in [9.17, 15) is 9.90 Å². The van der Waals surface area contributed by atoms with Crippen molar-refractivity contribution in [2.24, 2.45) is 5.92 Å². The Bertz CT molecular complexity index is 250. The quantitative estimate of drug-likeness (QED) is 0.620. The maximum atomic E-state index is 10.8. The minimum absolute atomic E-state index is 0.266. The number of hydrogen-bond acceptors (Lipinski definition) is 4. The Hall–Kier alpha value is -0.650. The lowest BCUT2D eigenvalue weighted by Crippen LogP contribution is -2.46. The molecule has 0 atom stereocenters. The van der Waals surface area contributed by atoms with Gasteiger partial charge in [0.05, 0.1) is 11.5 Å². The van der Waals surface area contributed by atoms with Crippen molar-refractivity contribution in [1.82, 2.24) is 10.2 Å². The Labute approximate surface area is 103 Å². The Morgan fingerprint density at radius 2 is 2.06 bits per heavy atom. The van der Waals surface area contributed by atoms with Gasteiger partial charge in [0.2, 0.25) is 0 Å². The molecule has 0 aromatic carbocycles. The largest absolute Gasteiger partial charge is 0.481 e. The van der Waals surface area contributed by atoms with Gasteiger partial charge in [0.15, 0.2) is 0 Å². The monoisotopic (exact) mass is 244 g/mol. The van der Waals surface area contributed by atoms with Crippen LogP contribution in [0.4, 0.5) is 0 Å². The molecule has 0 aliphatic heterocycles. The number of carboxylic acid groups (broad SMARTS) is 1. The van der Waals surface area contributed by atoms with Gasteiger partial charge >= 0.3 is 5.97 Å².